The second-order valence-corrected chi connectivity index (χ2v) is 5.08. The van der Waals surface area contributed by atoms with Gasteiger partial charge in [0.15, 0.2) is 0 Å². The Morgan fingerprint density at radius 3 is 2.73 bits per heavy atom. The molecule has 1 aromatic carbocycles. The van der Waals surface area contributed by atoms with Gasteiger partial charge in [-0.15, -0.1) is 18.2 Å². The van der Waals surface area contributed by atoms with E-state index in [-0.39, 0.29) is 0 Å². The number of rotatable bonds is 6. The molecule has 1 nitrogen and oxygen atoms in total. The molecule has 0 saturated heterocycles. The molecule has 0 atom stereocenters. The van der Waals surface area contributed by atoms with Gasteiger partial charge in [-0.2, -0.15) is 0 Å². The molecule has 0 spiro atoms. The number of thioether (sulfide) groups is 1. The van der Waals surface area contributed by atoms with Gasteiger partial charge in [0.2, 0.25) is 0 Å². The van der Waals surface area contributed by atoms with Gasteiger partial charge in [0, 0.05) is 23.3 Å². The van der Waals surface area contributed by atoms with E-state index in [1.54, 1.807) is 11.8 Å². The van der Waals surface area contributed by atoms with E-state index >= 15 is 0 Å². The van der Waals surface area contributed by atoms with Crippen LogP contribution >= 0.6 is 27.7 Å². The summed E-state index contributed by atoms with van der Waals surface area (Å²) < 4.78 is 1.12. The second-order valence-electron chi connectivity index (χ2n) is 3.06. The molecule has 0 fully saturated rings. The Bertz CT molecular complexity index is 315. The van der Waals surface area contributed by atoms with Crippen molar-refractivity contribution >= 4 is 27.7 Å². The van der Waals surface area contributed by atoms with Crippen LogP contribution in [0.5, 0.6) is 0 Å². The van der Waals surface area contributed by atoms with Gasteiger partial charge < -0.3 is 5.32 Å². The van der Waals surface area contributed by atoms with E-state index in [2.05, 4.69) is 51.4 Å². The number of hydrogen-bond acceptors (Lipinski definition) is 2. The lowest BCUT2D eigenvalue weighted by Crippen LogP contribution is -2.16. The number of halogens is 1. The van der Waals surface area contributed by atoms with Gasteiger partial charge in [-0.25, -0.2) is 0 Å². The van der Waals surface area contributed by atoms with Crippen molar-refractivity contribution in [1.82, 2.24) is 5.32 Å². The normalized spacial score (nSPS) is 9.87. The van der Waals surface area contributed by atoms with Crippen molar-refractivity contribution in [2.24, 2.45) is 0 Å². The van der Waals surface area contributed by atoms with Crippen LogP contribution in [-0.4, -0.2) is 18.1 Å². The van der Waals surface area contributed by atoms with Gasteiger partial charge in [-0.1, -0.05) is 34.0 Å². The molecule has 3 heteroatoms. The summed E-state index contributed by atoms with van der Waals surface area (Å²) in [7, 11) is 0. The molecular weight excluding hydrogens is 270 g/mol. The molecule has 1 N–H and O–H groups in total. The van der Waals surface area contributed by atoms with Gasteiger partial charge in [-0.3, -0.25) is 0 Å². The highest BCUT2D eigenvalue weighted by Gasteiger charge is 1.92. The van der Waals surface area contributed by atoms with Crippen LogP contribution in [-0.2, 0) is 6.54 Å². The van der Waals surface area contributed by atoms with Crippen LogP contribution in [0, 0.1) is 12.3 Å². The fraction of sp³-hybridized carbons (Fsp3) is 0.333. The zero-order valence-corrected chi connectivity index (χ0v) is 10.9. The van der Waals surface area contributed by atoms with Crippen LogP contribution in [0.3, 0.4) is 0 Å². The molecule has 0 saturated carbocycles. The summed E-state index contributed by atoms with van der Waals surface area (Å²) in [6.07, 6.45) is 5.15. The maximum Gasteiger partial charge on any atom is 0.0545 e. The molecule has 0 unspecified atom stereocenters. The van der Waals surface area contributed by atoms with Crippen molar-refractivity contribution in [1.29, 1.82) is 0 Å². The Labute approximate surface area is 104 Å². The van der Waals surface area contributed by atoms with E-state index in [1.165, 1.54) is 5.56 Å². The zero-order valence-electron chi connectivity index (χ0n) is 8.50. The molecule has 0 aliphatic heterocycles. The standard InChI is InChI=1S/C12H14BrNS/c1-2-8-15-9-7-14-10-11-3-5-12(13)6-4-11/h1,3-6,14H,7-10H2. The number of hydrogen-bond donors (Lipinski definition) is 1. The topological polar surface area (TPSA) is 12.0 Å². The summed E-state index contributed by atoms with van der Waals surface area (Å²) in [5.74, 6) is 4.49. The van der Waals surface area contributed by atoms with E-state index in [9.17, 15) is 0 Å². The van der Waals surface area contributed by atoms with Crippen LogP contribution in [0.2, 0.25) is 0 Å². The molecule has 0 amide bonds. The van der Waals surface area contributed by atoms with Crippen molar-refractivity contribution < 1.29 is 0 Å². The molecular formula is C12H14BrNS. The SMILES string of the molecule is C#CCSCCNCc1ccc(Br)cc1. The second kappa shape index (κ2) is 7.81. The quantitative estimate of drug-likeness (QED) is 0.637. The van der Waals surface area contributed by atoms with Gasteiger partial charge in [0.1, 0.15) is 0 Å². The van der Waals surface area contributed by atoms with E-state index in [0.29, 0.717) is 0 Å². The molecule has 0 aliphatic rings. The van der Waals surface area contributed by atoms with Gasteiger partial charge in [0.25, 0.3) is 0 Å². The highest BCUT2D eigenvalue weighted by atomic mass is 79.9. The molecule has 0 bridgehead atoms. The first-order valence-corrected chi connectivity index (χ1v) is 6.74. The molecule has 0 heterocycles. The van der Waals surface area contributed by atoms with Crippen molar-refractivity contribution in [2.45, 2.75) is 6.54 Å². The average molecular weight is 284 g/mol. The maximum absolute atomic E-state index is 5.15. The zero-order chi connectivity index (χ0) is 10.9. The molecule has 0 radical (unpaired) electrons. The Hall–Kier alpha value is -0.430. The number of nitrogens with one attached hydrogen (secondary N) is 1. The van der Waals surface area contributed by atoms with Crippen LogP contribution in [0.4, 0.5) is 0 Å². The minimum atomic E-state index is 0.806. The summed E-state index contributed by atoms with van der Waals surface area (Å²) in [6, 6.07) is 8.35. The van der Waals surface area contributed by atoms with E-state index in [0.717, 1.165) is 29.1 Å². The third-order valence-electron chi connectivity index (χ3n) is 1.85. The predicted molar refractivity (Wildman–Crippen MR) is 72.0 cm³/mol. The lowest BCUT2D eigenvalue weighted by Gasteiger charge is -2.04. The molecule has 1 aromatic rings. The Kier molecular flexibility index (Phi) is 6.58. The third kappa shape index (κ3) is 5.88. The Morgan fingerprint density at radius 2 is 2.07 bits per heavy atom. The highest BCUT2D eigenvalue weighted by Crippen LogP contribution is 2.10. The first-order valence-electron chi connectivity index (χ1n) is 4.79. The van der Waals surface area contributed by atoms with Crippen molar-refractivity contribution in [3.05, 3.63) is 34.3 Å². The highest BCUT2D eigenvalue weighted by molar-refractivity contribution is 9.10. The third-order valence-corrected chi connectivity index (χ3v) is 3.24. The Balaban J connectivity index is 2.10. The predicted octanol–water partition coefficient (Wildman–Crippen LogP) is 2.91. The van der Waals surface area contributed by atoms with Crippen LogP contribution < -0.4 is 5.32 Å². The van der Waals surface area contributed by atoms with Crippen LogP contribution in [0.1, 0.15) is 5.56 Å². The van der Waals surface area contributed by atoms with Gasteiger partial charge in [-0.05, 0) is 17.7 Å². The fourth-order valence-corrected chi connectivity index (χ4v) is 1.93. The minimum Gasteiger partial charge on any atom is -0.312 e. The summed E-state index contributed by atoms with van der Waals surface area (Å²) in [6.45, 7) is 1.92. The molecule has 1 rings (SSSR count). The molecule has 15 heavy (non-hydrogen) atoms. The monoisotopic (exact) mass is 283 g/mol. The summed E-state index contributed by atoms with van der Waals surface area (Å²) in [5, 5.41) is 3.38. The summed E-state index contributed by atoms with van der Waals surface area (Å²) >= 11 is 5.20. The van der Waals surface area contributed by atoms with E-state index < -0.39 is 0 Å². The van der Waals surface area contributed by atoms with E-state index in [4.69, 9.17) is 6.42 Å². The first kappa shape index (κ1) is 12.6. The van der Waals surface area contributed by atoms with Crippen molar-refractivity contribution in [3.63, 3.8) is 0 Å². The Morgan fingerprint density at radius 1 is 1.33 bits per heavy atom. The summed E-state index contributed by atoms with van der Waals surface area (Å²) in [5.41, 5.74) is 1.31. The smallest absolute Gasteiger partial charge is 0.0545 e. The fourth-order valence-electron chi connectivity index (χ4n) is 1.11. The molecule has 0 aliphatic carbocycles. The molecule has 80 valence electrons. The first-order chi connectivity index (χ1) is 7.33. The number of terminal acetylenes is 1. The van der Waals surface area contributed by atoms with Gasteiger partial charge >= 0.3 is 0 Å². The maximum atomic E-state index is 5.15. The lowest BCUT2D eigenvalue weighted by molar-refractivity contribution is 0.732. The van der Waals surface area contributed by atoms with E-state index in [1.807, 2.05) is 0 Å². The van der Waals surface area contributed by atoms with Crippen molar-refractivity contribution in [2.75, 3.05) is 18.1 Å². The average Bonchev–Trinajstić information content (AvgIpc) is 2.26. The largest absolute Gasteiger partial charge is 0.312 e. The van der Waals surface area contributed by atoms with Crippen molar-refractivity contribution in [3.8, 4) is 12.3 Å². The number of benzene rings is 1. The summed E-state index contributed by atoms with van der Waals surface area (Å²) in [4.78, 5) is 0. The van der Waals surface area contributed by atoms with Crippen LogP contribution in [0.15, 0.2) is 28.7 Å². The van der Waals surface area contributed by atoms with Crippen LogP contribution in [0.25, 0.3) is 0 Å². The minimum absolute atomic E-state index is 0.806. The lowest BCUT2D eigenvalue weighted by atomic mass is 10.2. The van der Waals surface area contributed by atoms with Gasteiger partial charge in [0.05, 0.1) is 5.75 Å². The molecule has 0 aromatic heterocycles.